The molecule has 0 amide bonds. The third-order valence-electron chi connectivity index (χ3n) is 3.82. The van der Waals surface area contributed by atoms with Gasteiger partial charge in [-0.05, 0) is 31.9 Å². The van der Waals surface area contributed by atoms with Crippen LogP contribution in [0.5, 0.6) is 0 Å². The zero-order valence-electron chi connectivity index (χ0n) is 10.3. The Morgan fingerprint density at radius 3 is 2.83 bits per heavy atom. The summed E-state index contributed by atoms with van der Waals surface area (Å²) in [6.45, 7) is 2.32. The number of aliphatic hydroxyl groups excluding tert-OH is 1. The van der Waals surface area contributed by atoms with Crippen LogP contribution in [0.3, 0.4) is 0 Å². The molecule has 5 heteroatoms. The highest BCUT2D eigenvalue weighted by Gasteiger charge is 2.47. The second kappa shape index (κ2) is 4.17. The minimum absolute atomic E-state index is 0.0407. The molecule has 1 aliphatic rings. The van der Waals surface area contributed by atoms with Crippen LogP contribution in [0.15, 0.2) is 24.5 Å². The van der Waals surface area contributed by atoms with Gasteiger partial charge in [0.2, 0.25) is 0 Å². The summed E-state index contributed by atoms with van der Waals surface area (Å²) in [5.41, 5.74) is 1.47. The number of pyridine rings is 1. The Hall–Kier alpha value is -1.75. The fraction of sp³-hybridized carbons (Fsp3) is 0.462. The normalized spacial score (nSPS) is 18.6. The number of nitrogens with one attached hydrogen (secondary N) is 1. The molecule has 0 spiro atoms. The van der Waals surface area contributed by atoms with E-state index < -0.39 is 0 Å². The van der Waals surface area contributed by atoms with Gasteiger partial charge >= 0.3 is 0 Å². The molecule has 0 bridgehead atoms. The first-order valence-electron chi connectivity index (χ1n) is 6.19. The van der Waals surface area contributed by atoms with Crippen molar-refractivity contribution >= 4 is 17.0 Å². The Bertz CT molecular complexity index is 568. The predicted molar refractivity (Wildman–Crippen MR) is 69.2 cm³/mol. The molecule has 2 heterocycles. The second-order valence-electron chi connectivity index (χ2n) is 4.98. The van der Waals surface area contributed by atoms with Crippen LogP contribution < -0.4 is 5.32 Å². The highest BCUT2D eigenvalue weighted by atomic mass is 16.3. The van der Waals surface area contributed by atoms with Crippen molar-refractivity contribution in [3.05, 3.63) is 24.5 Å². The molecule has 1 saturated carbocycles. The fourth-order valence-electron chi connectivity index (χ4n) is 2.20. The molecule has 0 saturated heterocycles. The summed E-state index contributed by atoms with van der Waals surface area (Å²) in [6.07, 6.45) is 5.44. The number of hydrogen-bond acceptors (Lipinski definition) is 5. The molecular weight excluding hydrogens is 228 g/mol. The van der Waals surface area contributed by atoms with Crippen LogP contribution in [0.1, 0.15) is 19.8 Å². The molecule has 1 atom stereocenters. The summed E-state index contributed by atoms with van der Waals surface area (Å²) in [7, 11) is 0. The van der Waals surface area contributed by atoms with Gasteiger partial charge in [-0.2, -0.15) is 0 Å². The zero-order chi connectivity index (χ0) is 12.6. The summed E-state index contributed by atoms with van der Waals surface area (Å²) < 4.78 is 0. The first-order chi connectivity index (χ1) is 8.73. The number of hydrogen-bond donors (Lipinski definition) is 2. The largest absolute Gasteiger partial charge is 0.396 e. The van der Waals surface area contributed by atoms with Crippen LogP contribution in [0.4, 0.5) is 5.82 Å². The van der Waals surface area contributed by atoms with E-state index in [0.29, 0.717) is 5.65 Å². The average Bonchev–Trinajstić information content (AvgIpc) is 3.19. The molecule has 2 aromatic heterocycles. The van der Waals surface area contributed by atoms with Crippen molar-refractivity contribution in [1.29, 1.82) is 0 Å². The topological polar surface area (TPSA) is 70.9 Å². The van der Waals surface area contributed by atoms with Gasteiger partial charge in [-0.3, -0.25) is 4.98 Å². The van der Waals surface area contributed by atoms with Gasteiger partial charge in [0, 0.05) is 23.9 Å². The summed E-state index contributed by atoms with van der Waals surface area (Å²) in [5, 5.41) is 12.7. The van der Waals surface area contributed by atoms with Crippen LogP contribution in [0.2, 0.25) is 0 Å². The molecule has 0 aliphatic heterocycles. The SMILES string of the molecule is CC(Nc1ccc2nccnc2n1)C1(CO)CC1. The average molecular weight is 244 g/mol. The van der Waals surface area contributed by atoms with Gasteiger partial charge in [-0.25, -0.2) is 9.97 Å². The molecule has 2 N–H and O–H groups in total. The lowest BCUT2D eigenvalue weighted by Crippen LogP contribution is -2.30. The first kappa shape index (κ1) is 11.3. The third-order valence-corrected chi connectivity index (χ3v) is 3.82. The minimum atomic E-state index is 0.0407. The lowest BCUT2D eigenvalue weighted by molar-refractivity contribution is 0.198. The summed E-state index contributed by atoms with van der Waals surface area (Å²) in [4.78, 5) is 12.8. The molecule has 0 radical (unpaired) electrons. The molecule has 5 nitrogen and oxygen atoms in total. The maximum Gasteiger partial charge on any atom is 0.180 e. The summed E-state index contributed by atoms with van der Waals surface area (Å²) >= 11 is 0. The number of anilines is 1. The van der Waals surface area contributed by atoms with E-state index in [1.165, 1.54) is 0 Å². The smallest absolute Gasteiger partial charge is 0.180 e. The van der Waals surface area contributed by atoms with Gasteiger partial charge < -0.3 is 10.4 Å². The Morgan fingerprint density at radius 2 is 2.11 bits per heavy atom. The van der Waals surface area contributed by atoms with Crippen LogP contribution in [0.25, 0.3) is 11.2 Å². The van der Waals surface area contributed by atoms with Crippen molar-refractivity contribution in [3.8, 4) is 0 Å². The first-order valence-corrected chi connectivity index (χ1v) is 6.19. The van der Waals surface area contributed by atoms with Gasteiger partial charge in [-0.1, -0.05) is 0 Å². The van der Waals surface area contributed by atoms with E-state index in [9.17, 15) is 5.11 Å². The monoisotopic (exact) mass is 244 g/mol. The van der Waals surface area contributed by atoms with E-state index in [1.807, 2.05) is 12.1 Å². The van der Waals surface area contributed by atoms with E-state index in [1.54, 1.807) is 12.4 Å². The van der Waals surface area contributed by atoms with E-state index in [2.05, 4.69) is 27.2 Å². The summed E-state index contributed by atoms with van der Waals surface area (Å²) in [6, 6.07) is 4.02. The fourth-order valence-corrected chi connectivity index (χ4v) is 2.20. The minimum Gasteiger partial charge on any atom is -0.396 e. The van der Waals surface area contributed by atoms with Crippen molar-refractivity contribution in [2.75, 3.05) is 11.9 Å². The van der Waals surface area contributed by atoms with Crippen molar-refractivity contribution in [1.82, 2.24) is 15.0 Å². The number of rotatable bonds is 4. The molecular formula is C13H16N4O. The van der Waals surface area contributed by atoms with Crippen LogP contribution in [-0.2, 0) is 0 Å². The van der Waals surface area contributed by atoms with Gasteiger partial charge in [0.1, 0.15) is 11.3 Å². The molecule has 1 fully saturated rings. The van der Waals surface area contributed by atoms with Crippen molar-refractivity contribution in [2.24, 2.45) is 5.41 Å². The van der Waals surface area contributed by atoms with Crippen molar-refractivity contribution < 1.29 is 5.11 Å². The lowest BCUT2D eigenvalue weighted by atomic mass is 9.99. The van der Waals surface area contributed by atoms with Crippen molar-refractivity contribution in [2.45, 2.75) is 25.8 Å². The van der Waals surface area contributed by atoms with E-state index >= 15 is 0 Å². The van der Waals surface area contributed by atoms with Gasteiger partial charge in [-0.15, -0.1) is 0 Å². The second-order valence-corrected chi connectivity index (χ2v) is 4.98. The van der Waals surface area contributed by atoms with Crippen LogP contribution >= 0.6 is 0 Å². The van der Waals surface area contributed by atoms with Gasteiger partial charge in [0.15, 0.2) is 5.65 Å². The Morgan fingerprint density at radius 1 is 1.33 bits per heavy atom. The Labute approximate surface area is 105 Å². The molecule has 2 aromatic rings. The maximum absolute atomic E-state index is 9.39. The van der Waals surface area contributed by atoms with E-state index in [0.717, 1.165) is 24.2 Å². The molecule has 0 aromatic carbocycles. The Balaban J connectivity index is 1.82. The zero-order valence-corrected chi connectivity index (χ0v) is 10.3. The van der Waals surface area contributed by atoms with Gasteiger partial charge in [0.25, 0.3) is 0 Å². The van der Waals surface area contributed by atoms with Crippen LogP contribution in [-0.4, -0.2) is 32.7 Å². The molecule has 1 unspecified atom stereocenters. The van der Waals surface area contributed by atoms with Crippen molar-refractivity contribution in [3.63, 3.8) is 0 Å². The van der Waals surface area contributed by atoms with Crippen LogP contribution in [0, 0.1) is 5.41 Å². The molecule has 1 aliphatic carbocycles. The van der Waals surface area contributed by atoms with E-state index in [4.69, 9.17) is 0 Å². The van der Waals surface area contributed by atoms with E-state index in [-0.39, 0.29) is 18.1 Å². The molecule has 18 heavy (non-hydrogen) atoms. The number of aliphatic hydroxyl groups is 1. The molecule has 3 rings (SSSR count). The maximum atomic E-state index is 9.39. The number of nitrogens with zero attached hydrogens (tertiary/aromatic N) is 3. The highest BCUT2D eigenvalue weighted by Crippen LogP contribution is 2.48. The third kappa shape index (κ3) is 1.90. The quantitative estimate of drug-likeness (QED) is 0.854. The number of fused-ring (bicyclic) bond motifs is 1. The molecule has 94 valence electrons. The lowest BCUT2D eigenvalue weighted by Gasteiger charge is -2.22. The Kier molecular flexibility index (Phi) is 2.63. The highest BCUT2D eigenvalue weighted by molar-refractivity contribution is 5.71. The predicted octanol–water partition coefficient (Wildman–Crippen LogP) is 1.60. The summed E-state index contributed by atoms with van der Waals surface area (Å²) in [5.74, 6) is 0.787. The number of aromatic nitrogens is 3. The van der Waals surface area contributed by atoms with Gasteiger partial charge in [0.05, 0.1) is 6.61 Å². The standard InChI is InChI=1S/C13H16N4O/c1-9(13(8-18)4-5-13)16-11-3-2-10-12(17-11)15-7-6-14-10/h2-3,6-7,9,18H,4-5,8H2,1H3,(H,15,16,17).